The van der Waals surface area contributed by atoms with Crippen LogP contribution in [0.15, 0.2) is 54.7 Å². The largest absolute Gasteiger partial charge is 0.472 e. The van der Waals surface area contributed by atoms with Crippen LogP contribution < -0.4 is 20.8 Å². The molecule has 0 spiro atoms. The van der Waals surface area contributed by atoms with Crippen molar-refractivity contribution in [3.8, 4) is 11.6 Å². The van der Waals surface area contributed by atoms with Crippen molar-refractivity contribution in [2.75, 3.05) is 12.2 Å². The van der Waals surface area contributed by atoms with E-state index in [0.29, 0.717) is 17.5 Å². The van der Waals surface area contributed by atoms with Crippen LogP contribution in [0.5, 0.6) is 5.88 Å². The third-order valence-corrected chi connectivity index (χ3v) is 4.66. The van der Waals surface area contributed by atoms with Crippen LogP contribution in [0.3, 0.4) is 0 Å². The van der Waals surface area contributed by atoms with E-state index in [9.17, 15) is 4.79 Å². The summed E-state index contributed by atoms with van der Waals surface area (Å²) in [6, 6.07) is 14.8. The highest BCUT2D eigenvalue weighted by atomic mass is 35.5. The average molecular weight is 399 g/mol. The summed E-state index contributed by atoms with van der Waals surface area (Å²) in [5.74, 6) is 0.500. The molecule has 1 aliphatic heterocycles. The van der Waals surface area contributed by atoms with Gasteiger partial charge < -0.3 is 4.74 Å². The molecule has 0 radical (unpaired) electrons. The van der Waals surface area contributed by atoms with Crippen LogP contribution in [-0.2, 0) is 6.61 Å². The molecule has 3 aromatic rings. The van der Waals surface area contributed by atoms with Gasteiger partial charge in [-0.1, -0.05) is 23.7 Å². The van der Waals surface area contributed by atoms with E-state index in [1.54, 1.807) is 22.9 Å². The van der Waals surface area contributed by atoms with Crippen LogP contribution in [0.4, 0.5) is 10.5 Å². The van der Waals surface area contributed by atoms with E-state index >= 15 is 0 Å². The first-order valence-corrected chi connectivity index (χ1v) is 9.03. The van der Waals surface area contributed by atoms with E-state index in [-0.39, 0.29) is 6.03 Å². The Morgan fingerprint density at radius 1 is 1.14 bits per heavy atom. The molecule has 144 valence electrons. The Balaban J connectivity index is 1.51. The number of anilines is 1. The normalized spacial score (nSPS) is 13.8. The maximum absolute atomic E-state index is 11.8. The van der Waals surface area contributed by atoms with E-state index in [4.69, 9.17) is 16.3 Å². The number of hydrazine groups is 3. The van der Waals surface area contributed by atoms with Gasteiger partial charge in [-0.25, -0.2) is 19.9 Å². The van der Waals surface area contributed by atoms with Gasteiger partial charge in [0, 0.05) is 29.9 Å². The second kappa shape index (κ2) is 7.41. The monoisotopic (exact) mass is 398 g/mol. The molecule has 0 unspecified atom stereocenters. The highest BCUT2D eigenvalue weighted by Crippen LogP contribution is 2.25. The van der Waals surface area contributed by atoms with E-state index in [2.05, 4.69) is 16.1 Å². The van der Waals surface area contributed by atoms with Gasteiger partial charge in [0.1, 0.15) is 6.61 Å². The maximum Gasteiger partial charge on any atom is 0.352 e. The minimum atomic E-state index is -0.241. The number of nitrogens with zero attached hydrogens (tertiary/aromatic N) is 4. The smallest absolute Gasteiger partial charge is 0.352 e. The SMILES string of the molecule is Cc1cccc(N2NC(=O)N(C)N2)c1COc1ccn(-c2ccc(Cl)cc2)n1. The van der Waals surface area contributed by atoms with Gasteiger partial charge in [0.25, 0.3) is 0 Å². The molecular formula is C19H19ClN6O2. The van der Waals surface area contributed by atoms with Crippen molar-refractivity contribution < 1.29 is 9.53 Å². The van der Waals surface area contributed by atoms with Crippen molar-refractivity contribution in [1.29, 1.82) is 0 Å². The summed E-state index contributed by atoms with van der Waals surface area (Å²) in [5.41, 5.74) is 9.35. The number of hydrogen-bond donors (Lipinski definition) is 2. The lowest BCUT2D eigenvalue weighted by Crippen LogP contribution is -2.41. The summed E-state index contributed by atoms with van der Waals surface area (Å²) in [5, 5.41) is 8.06. The first-order valence-electron chi connectivity index (χ1n) is 8.65. The molecule has 1 fully saturated rings. The molecule has 2 heterocycles. The molecule has 0 atom stereocenters. The minimum Gasteiger partial charge on any atom is -0.472 e. The lowest BCUT2D eigenvalue weighted by atomic mass is 10.1. The van der Waals surface area contributed by atoms with Crippen molar-refractivity contribution in [2.45, 2.75) is 13.5 Å². The minimum absolute atomic E-state index is 0.241. The number of nitrogens with one attached hydrogen (secondary N) is 2. The first-order chi connectivity index (χ1) is 13.5. The summed E-state index contributed by atoms with van der Waals surface area (Å²) < 4.78 is 7.64. The number of urea groups is 1. The molecule has 2 aromatic carbocycles. The van der Waals surface area contributed by atoms with Gasteiger partial charge in [0.15, 0.2) is 0 Å². The number of carbonyl (C=O) groups is 1. The predicted octanol–water partition coefficient (Wildman–Crippen LogP) is 3.21. The van der Waals surface area contributed by atoms with Crippen LogP contribution in [0.2, 0.25) is 5.02 Å². The summed E-state index contributed by atoms with van der Waals surface area (Å²) >= 11 is 5.93. The number of hydrogen-bond acceptors (Lipinski definition) is 5. The van der Waals surface area contributed by atoms with Gasteiger partial charge in [-0.15, -0.1) is 10.6 Å². The number of carbonyl (C=O) groups excluding carboxylic acids is 1. The zero-order valence-corrected chi connectivity index (χ0v) is 16.1. The Labute approximate surface area is 167 Å². The second-order valence-electron chi connectivity index (χ2n) is 6.35. The van der Waals surface area contributed by atoms with Crippen molar-refractivity contribution in [3.05, 3.63) is 70.9 Å². The summed E-state index contributed by atoms with van der Waals surface area (Å²) in [6.07, 6.45) is 1.83. The second-order valence-corrected chi connectivity index (χ2v) is 6.78. The number of rotatable bonds is 5. The Morgan fingerprint density at radius 2 is 1.93 bits per heavy atom. The molecule has 1 saturated heterocycles. The highest BCUT2D eigenvalue weighted by Gasteiger charge is 2.25. The number of benzene rings is 2. The van der Waals surface area contributed by atoms with Crippen molar-refractivity contribution in [3.63, 3.8) is 0 Å². The maximum atomic E-state index is 11.8. The van der Waals surface area contributed by atoms with E-state index in [1.165, 1.54) is 5.01 Å². The third kappa shape index (κ3) is 3.60. The zero-order chi connectivity index (χ0) is 19.7. The van der Waals surface area contributed by atoms with E-state index in [1.807, 2.05) is 55.6 Å². The lowest BCUT2D eigenvalue weighted by molar-refractivity contribution is 0.214. The van der Waals surface area contributed by atoms with E-state index < -0.39 is 0 Å². The molecule has 2 N–H and O–H groups in total. The average Bonchev–Trinajstić information content (AvgIpc) is 3.28. The Bertz CT molecular complexity index is 1000. The van der Waals surface area contributed by atoms with Gasteiger partial charge >= 0.3 is 6.03 Å². The molecule has 0 aliphatic carbocycles. The van der Waals surface area contributed by atoms with E-state index in [0.717, 1.165) is 22.5 Å². The van der Waals surface area contributed by atoms with Crippen molar-refractivity contribution >= 4 is 23.3 Å². The van der Waals surface area contributed by atoms with Gasteiger partial charge in [0.05, 0.1) is 11.4 Å². The molecule has 4 rings (SSSR count). The third-order valence-electron chi connectivity index (χ3n) is 4.41. The molecule has 1 aromatic heterocycles. The number of aryl methyl sites for hydroxylation is 1. The quantitative estimate of drug-likeness (QED) is 0.690. The fraction of sp³-hybridized carbons (Fsp3) is 0.158. The van der Waals surface area contributed by atoms with Crippen LogP contribution in [0.25, 0.3) is 5.69 Å². The Kier molecular flexibility index (Phi) is 4.81. The molecule has 2 amide bonds. The van der Waals surface area contributed by atoms with Gasteiger partial charge in [-0.05, 0) is 42.8 Å². The molecular weight excluding hydrogens is 380 g/mol. The number of amides is 2. The zero-order valence-electron chi connectivity index (χ0n) is 15.4. The van der Waals surface area contributed by atoms with Crippen LogP contribution >= 0.6 is 11.6 Å². The van der Waals surface area contributed by atoms with Crippen LogP contribution in [0.1, 0.15) is 11.1 Å². The summed E-state index contributed by atoms with van der Waals surface area (Å²) in [4.78, 5) is 11.8. The molecule has 9 heteroatoms. The van der Waals surface area contributed by atoms with Crippen LogP contribution in [-0.4, -0.2) is 27.9 Å². The molecule has 8 nitrogen and oxygen atoms in total. The Hall–Kier alpha value is -3.23. The topological polar surface area (TPSA) is 74.7 Å². The Morgan fingerprint density at radius 3 is 2.64 bits per heavy atom. The first kappa shape index (κ1) is 18.1. The molecule has 0 bridgehead atoms. The summed E-state index contributed by atoms with van der Waals surface area (Å²) in [6.45, 7) is 2.30. The van der Waals surface area contributed by atoms with Gasteiger partial charge in [-0.3, -0.25) is 0 Å². The summed E-state index contributed by atoms with van der Waals surface area (Å²) in [7, 11) is 1.64. The van der Waals surface area contributed by atoms with Crippen LogP contribution in [0, 0.1) is 6.92 Å². The molecule has 28 heavy (non-hydrogen) atoms. The predicted molar refractivity (Wildman–Crippen MR) is 106 cm³/mol. The van der Waals surface area contributed by atoms with Crippen molar-refractivity contribution in [2.24, 2.45) is 0 Å². The number of halogens is 1. The van der Waals surface area contributed by atoms with Gasteiger partial charge in [0.2, 0.25) is 5.88 Å². The fourth-order valence-corrected chi connectivity index (χ4v) is 2.98. The lowest BCUT2D eigenvalue weighted by Gasteiger charge is -2.21. The highest BCUT2D eigenvalue weighted by molar-refractivity contribution is 6.30. The molecule has 1 aliphatic rings. The number of ether oxygens (including phenoxy) is 1. The van der Waals surface area contributed by atoms with Crippen molar-refractivity contribution in [1.82, 2.24) is 25.7 Å². The standard InChI is InChI=1S/C19H19ClN6O2/c1-13-4-3-5-17(26-22-19(27)24(2)23-26)16(13)12-28-18-10-11-25(21-18)15-8-6-14(20)7-9-15/h3-11,23H,12H2,1-2H3,(H,22,27). The number of aromatic nitrogens is 2. The molecule has 0 saturated carbocycles. The fourth-order valence-electron chi connectivity index (χ4n) is 2.86. The van der Waals surface area contributed by atoms with Gasteiger partial charge in [-0.2, -0.15) is 5.12 Å².